The molecule has 0 bridgehead atoms. The molecule has 0 saturated heterocycles. The van der Waals surface area contributed by atoms with Crippen LogP contribution in [0.4, 0.5) is 39.5 Å². The van der Waals surface area contributed by atoms with Gasteiger partial charge in [0.05, 0.1) is 0 Å². The number of alkyl halides is 9. The number of halogens is 9. The topological polar surface area (TPSA) is 20.2 Å². The third-order valence-electron chi connectivity index (χ3n) is 3.55. The van der Waals surface area contributed by atoms with E-state index in [2.05, 4.69) is 0 Å². The maximum absolute atomic E-state index is 13.4. The Hall–Kier alpha value is -1.26. The lowest BCUT2D eigenvalue weighted by atomic mass is 10.0. The van der Waals surface area contributed by atoms with Gasteiger partial charge < -0.3 is 5.11 Å². The quantitative estimate of drug-likeness (QED) is 0.430. The van der Waals surface area contributed by atoms with Gasteiger partial charge in [-0.05, 0) is 25.2 Å². The van der Waals surface area contributed by atoms with E-state index in [0.29, 0.717) is 22.9 Å². The van der Waals surface area contributed by atoms with Crippen LogP contribution in [0.1, 0.15) is 23.1 Å². The molecule has 0 aliphatic carbocycles. The van der Waals surface area contributed by atoms with E-state index in [0.717, 1.165) is 5.56 Å². The number of aromatic hydroxyl groups is 1. The zero-order valence-corrected chi connectivity index (χ0v) is 14.3. The number of phenols is 1. The molecule has 0 atom stereocenters. The predicted molar refractivity (Wildman–Crippen MR) is 79.3 cm³/mol. The first-order valence-electron chi connectivity index (χ1n) is 7.11. The van der Waals surface area contributed by atoms with E-state index in [1.54, 1.807) is 19.9 Å². The number of hydrogen-bond donors (Lipinski definition) is 1. The first-order chi connectivity index (χ1) is 11.5. The minimum absolute atomic E-state index is 0.105. The fraction of sp³-hybridized carbons (Fsp3) is 0.600. The third-order valence-corrected chi connectivity index (χ3v) is 4.56. The molecule has 0 amide bonds. The van der Waals surface area contributed by atoms with Gasteiger partial charge in [0.25, 0.3) is 0 Å². The van der Waals surface area contributed by atoms with Gasteiger partial charge in [-0.25, -0.2) is 0 Å². The average molecular weight is 414 g/mol. The Bertz CT molecular complexity index is 641. The molecular weight excluding hydrogens is 399 g/mol. The molecule has 0 radical (unpaired) electrons. The van der Waals surface area contributed by atoms with Crippen molar-refractivity contribution in [2.75, 3.05) is 5.75 Å². The highest BCUT2D eigenvalue weighted by molar-refractivity contribution is 7.98. The molecule has 1 aromatic carbocycles. The van der Waals surface area contributed by atoms with Crippen molar-refractivity contribution in [1.29, 1.82) is 0 Å². The highest BCUT2D eigenvalue weighted by Crippen LogP contribution is 2.54. The molecule has 1 N–H and O–H groups in total. The van der Waals surface area contributed by atoms with E-state index < -0.39 is 36.1 Å². The zero-order chi connectivity index (χ0) is 20.6. The number of phenolic OH excluding ortho intramolecular Hbond substituents is 1. The number of thioether (sulfide) groups is 1. The van der Waals surface area contributed by atoms with E-state index in [1.165, 1.54) is 6.07 Å². The smallest absolute Gasteiger partial charge is 0.460 e. The van der Waals surface area contributed by atoms with Gasteiger partial charge in [-0.2, -0.15) is 51.3 Å². The fourth-order valence-corrected chi connectivity index (χ4v) is 3.09. The van der Waals surface area contributed by atoms with E-state index in [4.69, 9.17) is 0 Å². The number of benzene rings is 1. The molecule has 0 aliphatic rings. The largest absolute Gasteiger partial charge is 0.507 e. The Morgan fingerprint density at radius 2 is 1.42 bits per heavy atom. The predicted octanol–water partition coefficient (Wildman–Crippen LogP) is 6.10. The van der Waals surface area contributed by atoms with Gasteiger partial charge in [0.2, 0.25) is 0 Å². The molecule has 0 spiro atoms. The Balaban J connectivity index is 2.78. The lowest BCUT2D eigenvalue weighted by Crippen LogP contribution is -2.60. The second-order valence-electron chi connectivity index (χ2n) is 5.74. The lowest BCUT2D eigenvalue weighted by Gasteiger charge is -2.33. The summed E-state index contributed by atoms with van der Waals surface area (Å²) in [5, 5.41) is 9.80. The molecule has 0 aromatic heterocycles. The van der Waals surface area contributed by atoms with E-state index in [9.17, 15) is 44.6 Å². The SMILES string of the molecule is Cc1cc(C)c(O)c(CSCCC(F)(F)C(F)(F)C(F)(F)C(F)(F)F)c1. The van der Waals surface area contributed by atoms with Crippen LogP contribution in [-0.2, 0) is 5.75 Å². The van der Waals surface area contributed by atoms with Gasteiger partial charge in [0, 0.05) is 17.7 Å². The van der Waals surface area contributed by atoms with Gasteiger partial charge in [0.1, 0.15) is 5.75 Å². The Morgan fingerprint density at radius 3 is 1.92 bits per heavy atom. The lowest BCUT2D eigenvalue weighted by molar-refractivity contribution is -0.396. The Labute approximate surface area is 147 Å². The molecule has 1 nitrogen and oxygen atoms in total. The van der Waals surface area contributed by atoms with Crippen LogP contribution < -0.4 is 0 Å². The first kappa shape index (κ1) is 22.8. The fourth-order valence-electron chi connectivity index (χ4n) is 2.11. The normalized spacial score (nSPS) is 14.0. The van der Waals surface area contributed by atoms with Crippen LogP contribution in [0, 0.1) is 13.8 Å². The maximum Gasteiger partial charge on any atom is 0.460 e. The van der Waals surface area contributed by atoms with Crippen LogP contribution >= 0.6 is 11.8 Å². The van der Waals surface area contributed by atoms with Crippen molar-refractivity contribution in [2.45, 2.75) is 50.0 Å². The maximum atomic E-state index is 13.4. The molecular formula is C15H15F9OS. The van der Waals surface area contributed by atoms with Crippen molar-refractivity contribution in [3.63, 3.8) is 0 Å². The first-order valence-corrected chi connectivity index (χ1v) is 8.27. The third kappa shape index (κ3) is 4.34. The molecule has 26 heavy (non-hydrogen) atoms. The van der Waals surface area contributed by atoms with Crippen molar-refractivity contribution in [2.24, 2.45) is 0 Å². The van der Waals surface area contributed by atoms with Crippen LogP contribution in [0.2, 0.25) is 0 Å². The summed E-state index contributed by atoms with van der Waals surface area (Å²) in [7, 11) is 0. The van der Waals surface area contributed by atoms with Crippen LogP contribution in [0.3, 0.4) is 0 Å². The minimum atomic E-state index is -6.86. The Kier molecular flexibility index (Phi) is 6.48. The molecule has 0 fully saturated rings. The van der Waals surface area contributed by atoms with E-state index in [-0.39, 0.29) is 11.5 Å². The van der Waals surface area contributed by atoms with Crippen LogP contribution in [-0.4, -0.2) is 34.8 Å². The van der Waals surface area contributed by atoms with Gasteiger partial charge in [-0.15, -0.1) is 0 Å². The second kappa shape index (κ2) is 7.40. The summed E-state index contributed by atoms with van der Waals surface area (Å²) < 4.78 is 114. The summed E-state index contributed by atoms with van der Waals surface area (Å²) >= 11 is 0.600. The van der Waals surface area contributed by atoms with Crippen molar-refractivity contribution < 1.29 is 44.6 Å². The summed E-state index contributed by atoms with van der Waals surface area (Å²) in [5.74, 6) is -20.1. The number of rotatable bonds is 7. The summed E-state index contributed by atoms with van der Waals surface area (Å²) in [6.45, 7) is 3.26. The number of hydrogen-bond acceptors (Lipinski definition) is 2. The molecule has 0 saturated carbocycles. The van der Waals surface area contributed by atoms with Gasteiger partial charge in [0.15, 0.2) is 0 Å². The van der Waals surface area contributed by atoms with Crippen LogP contribution in [0.5, 0.6) is 5.75 Å². The molecule has 1 aromatic rings. The second-order valence-corrected chi connectivity index (χ2v) is 6.85. The molecule has 1 rings (SSSR count). The van der Waals surface area contributed by atoms with Crippen molar-refractivity contribution in [3.05, 3.63) is 28.8 Å². The van der Waals surface area contributed by atoms with Crippen molar-refractivity contribution >= 4 is 11.8 Å². The average Bonchev–Trinajstić information content (AvgIpc) is 2.46. The minimum Gasteiger partial charge on any atom is -0.507 e. The summed E-state index contributed by atoms with van der Waals surface area (Å²) in [4.78, 5) is 0. The van der Waals surface area contributed by atoms with Crippen LogP contribution in [0.15, 0.2) is 12.1 Å². The van der Waals surface area contributed by atoms with Crippen LogP contribution in [0.25, 0.3) is 0 Å². The molecule has 0 heterocycles. The molecule has 150 valence electrons. The zero-order valence-electron chi connectivity index (χ0n) is 13.5. The summed E-state index contributed by atoms with van der Waals surface area (Å²) in [5.41, 5.74) is 1.53. The molecule has 0 aliphatic heterocycles. The van der Waals surface area contributed by atoms with E-state index in [1.807, 2.05) is 0 Å². The molecule has 0 unspecified atom stereocenters. The molecule has 11 heteroatoms. The Morgan fingerprint density at radius 1 is 0.885 bits per heavy atom. The highest BCUT2D eigenvalue weighted by atomic mass is 32.2. The van der Waals surface area contributed by atoms with Gasteiger partial charge in [-0.1, -0.05) is 17.7 Å². The van der Waals surface area contributed by atoms with Crippen molar-refractivity contribution in [3.8, 4) is 5.75 Å². The highest BCUT2D eigenvalue weighted by Gasteiger charge is 2.81. The number of aryl methyl sites for hydroxylation is 2. The summed E-state index contributed by atoms with van der Waals surface area (Å²) in [6, 6.07) is 3.15. The van der Waals surface area contributed by atoms with Crippen molar-refractivity contribution in [1.82, 2.24) is 0 Å². The van der Waals surface area contributed by atoms with Gasteiger partial charge in [-0.3, -0.25) is 0 Å². The van der Waals surface area contributed by atoms with Gasteiger partial charge >= 0.3 is 23.9 Å². The van der Waals surface area contributed by atoms with E-state index >= 15 is 0 Å². The monoisotopic (exact) mass is 414 g/mol. The standard InChI is InChI=1S/C15H15F9OS/c1-8-5-9(2)11(25)10(6-8)7-26-4-3-12(16,17)13(18,19)14(20,21)15(22,23)24/h5-6,25H,3-4,7H2,1-2H3. The summed E-state index contributed by atoms with van der Waals surface area (Å²) in [6.07, 6.45) is -8.69.